The van der Waals surface area contributed by atoms with E-state index in [2.05, 4.69) is 25.4 Å². The van der Waals surface area contributed by atoms with Crippen LogP contribution in [-0.2, 0) is 14.3 Å². The van der Waals surface area contributed by atoms with Crippen molar-refractivity contribution < 1.29 is 14.3 Å². The number of fused-ring (bicyclic) bond motifs is 1. The van der Waals surface area contributed by atoms with Crippen LogP contribution in [0.5, 0.6) is 0 Å². The first-order valence-electron chi connectivity index (χ1n) is 11.7. The van der Waals surface area contributed by atoms with Gasteiger partial charge in [0.1, 0.15) is 11.7 Å². The number of nitrogens with one attached hydrogen (secondary N) is 1. The second-order valence-corrected chi connectivity index (χ2v) is 10.4. The van der Waals surface area contributed by atoms with Crippen molar-refractivity contribution in [3.05, 3.63) is 40.4 Å². The number of azo groups is 1. The average molecular weight is 548 g/mol. The molecule has 3 aromatic rings. The quantitative estimate of drug-likeness (QED) is 0.241. The molecule has 11 heteroatoms. The van der Waals surface area contributed by atoms with Crippen LogP contribution in [0.3, 0.4) is 0 Å². The first kappa shape index (κ1) is 26.3. The Balaban J connectivity index is 1.70. The fourth-order valence-electron chi connectivity index (χ4n) is 4.52. The maximum Gasteiger partial charge on any atom is 0.328 e. The van der Waals surface area contributed by atoms with E-state index >= 15 is 0 Å². The predicted molar refractivity (Wildman–Crippen MR) is 145 cm³/mol. The Labute approximate surface area is 223 Å². The second-order valence-electron chi connectivity index (χ2n) is 8.69. The monoisotopic (exact) mass is 547 g/mol. The first-order chi connectivity index (χ1) is 17.3. The molecule has 0 aliphatic heterocycles. The average Bonchev–Trinajstić information content (AvgIpc) is 3.29. The minimum Gasteiger partial charge on any atom is -0.467 e. The van der Waals surface area contributed by atoms with Crippen LogP contribution in [0.1, 0.15) is 46.0 Å². The number of nitrogens with zero attached hydrogens (tertiary/aromatic N) is 4. The summed E-state index contributed by atoms with van der Waals surface area (Å²) in [6, 6.07) is 8.69. The number of amides is 1. The summed E-state index contributed by atoms with van der Waals surface area (Å²) in [4.78, 5) is 31.0. The molecule has 190 valence electrons. The number of carbonyl (C=O) groups excluding carboxylic acids is 2. The largest absolute Gasteiger partial charge is 0.467 e. The van der Waals surface area contributed by atoms with Gasteiger partial charge in [0.15, 0.2) is 0 Å². The third kappa shape index (κ3) is 5.79. The van der Waals surface area contributed by atoms with E-state index in [9.17, 15) is 9.59 Å². The molecular weight excluding hydrogens is 521 g/mol. The van der Waals surface area contributed by atoms with Crippen molar-refractivity contribution in [3.8, 4) is 0 Å². The second kappa shape index (κ2) is 11.5. The Bertz CT molecular complexity index is 1310. The highest BCUT2D eigenvalue weighted by atomic mass is 35.5. The maximum absolute atomic E-state index is 12.5. The highest BCUT2D eigenvalue weighted by Gasteiger charge is 2.30. The number of rotatable bonds is 7. The lowest BCUT2D eigenvalue weighted by Crippen LogP contribution is -2.47. The van der Waals surface area contributed by atoms with Gasteiger partial charge in [0.05, 0.1) is 33.1 Å². The first-order valence-corrected chi connectivity index (χ1v) is 13.3. The lowest BCUT2D eigenvalue weighted by molar-refractivity contribution is -0.142. The molecule has 1 aliphatic carbocycles. The number of carbonyl (C=O) groups is 2. The van der Waals surface area contributed by atoms with Crippen molar-refractivity contribution in [1.29, 1.82) is 0 Å². The van der Waals surface area contributed by atoms with Crippen molar-refractivity contribution in [2.75, 3.05) is 17.3 Å². The van der Waals surface area contributed by atoms with Crippen LogP contribution < -0.4 is 10.2 Å². The topological polar surface area (TPSA) is 96.2 Å². The number of hydrogen-bond acceptors (Lipinski definition) is 8. The van der Waals surface area contributed by atoms with Crippen LogP contribution in [0.2, 0.25) is 10.0 Å². The molecule has 1 fully saturated rings. The molecule has 36 heavy (non-hydrogen) atoms. The van der Waals surface area contributed by atoms with Gasteiger partial charge in [0, 0.05) is 18.7 Å². The molecular formula is C25H27Cl2N5O3S. The van der Waals surface area contributed by atoms with Gasteiger partial charge in [-0.1, -0.05) is 53.8 Å². The molecule has 8 nitrogen and oxygen atoms in total. The maximum atomic E-state index is 12.5. The molecule has 2 aromatic carbocycles. The number of hydrogen-bond donors (Lipinski definition) is 1. The van der Waals surface area contributed by atoms with Gasteiger partial charge in [-0.25, -0.2) is 9.78 Å². The molecule has 0 radical (unpaired) electrons. The summed E-state index contributed by atoms with van der Waals surface area (Å²) in [5.74, 6) is -0.546. The van der Waals surface area contributed by atoms with Crippen LogP contribution >= 0.6 is 34.5 Å². The van der Waals surface area contributed by atoms with Crippen LogP contribution in [0.15, 0.2) is 40.6 Å². The Morgan fingerprint density at radius 3 is 2.61 bits per heavy atom. The SMILES string of the molecule is COC(=O)C(C)N(c1ccc(N=Nc2nc3ccc(Cl)c(Cl)c3s2)c(NC(C)=O)c1)C1CCCCC1. The smallest absolute Gasteiger partial charge is 0.328 e. The zero-order chi connectivity index (χ0) is 25.8. The summed E-state index contributed by atoms with van der Waals surface area (Å²) < 4.78 is 5.78. The number of benzene rings is 2. The highest BCUT2D eigenvalue weighted by Crippen LogP contribution is 2.39. The Morgan fingerprint density at radius 1 is 1.17 bits per heavy atom. The molecule has 1 atom stereocenters. The minimum atomic E-state index is -0.477. The number of methoxy groups -OCH3 is 1. The summed E-state index contributed by atoms with van der Waals surface area (Å²) in [6.45, 7) is 3.28. The van der Waals surface area contributed by atoms with E-state index in [4.69, 9.17) is 27.9 Å². The Kier molecular flexibility index (Phi) is 8.43. The molecule has 1 saturated carbocycles. The molecule has 4 rings (SSSR count). The Morgan fingerprint density at radius 2 is 1.92 bits per heavy atom. The normalized spacial score (nSPS) is 15.2. The van der Waals surface area contributed by atoms with Gasteiger partial charge in [0.25, 0.3) is 0 Å². The van der Waals surface area contributed by atoms with Crippen molar-refractivity contribution in [2.45, 2.75) is 58.0 Å². The molecule has 1 heterocycles. The van der Waals surface area contributed by atoms with Gasteiger partial charge in [-0.2, -0.15) is 0 Å². The fraction of sp³-hybridized carbons (Fsp3) is 0.400. The summed E-state index contributed by atoms with van der Waals surface area (Å²) in [7, 11) is 1.40. The van der Waals surface area contributed by atoms with Crippen molar-refractivity contribution in [2.24, 2.45) is 10.2 Å². The van der Waals surface area contributed by atoms with E-state index in [0.717, 1.165) is 36.1 Å². The summed E-state index contributed by atoms with van der Waals surface area (Å²) >= 11 is 13.7. The van der Waals surface area contributed by atoms with Crippen LogP contribution in [0, 0.1) is 0 Å². The molecule has 1 aliphatic rings. The summed E-state index contributed by atoms with van der Waals surface area (Å²) in [6.07, 6.45) is 5.39. The van der Waals surface area contributed by atoms with Crippen LogP contribution in [0.4, 0.5) is 22.2 Å². The van der Waals surface area contributed by atoms with E-state index < -0.39 is 6.04 Å². The molecule has 1 unspecified atom stereocenters. The summed E-state index contributed by atoms with van der Waals surface area (Å²) in [5, 5.41) is 12.8. The fourth-order valence-corrected chi connectivity index (χ4v) is 5.83. The lowest BCUT2D eigenvalue weighted by Gasteiger charge is -2.39. The molecule has 0 saturated heterocycles. The van der Waals surface area contributed by atoms with E-state index in [1.807, 2.05) is 19.1 Å². The van der Waals surface area contributed by atoms with Crippen molar-refractivity contribution in [1.82, 2.24) is 4.98 Å². The van der Waals surface area contributed by atoms with Gasteiger partial charge >= 0.3 is 5.97 Å². The molecule has 1 amide bonds. The summed E-state index contributed by atoms with van der Waals surface area (Å²) in [5.41, 5.74) is 2.44. The number of thiazole rings is 1. The standard InChI is InChI=1S/C25H27Cl2N5O3S/c1-14(24(34)35-3)32(16-7-5-4-6-8-16)17-9-11-19(21(13-17)28-15(2)33)30-31-25-29-20-12-10-18(26)22(27)23(20)36-25/h9-14,16H,4-8H2,1-3H3,(H,28,33). The van der Waals surface area contributed by atoms with E-state index in [0.29, 0.717) is 32.1 Å². The van der Waals surface area contributed by atoms with Gasteiger partial charge in [-0.15, -0.1) is 10.2 Å². The molecule has 0 bridgehead atoms. The Hall–Kier alpha value is -2.75. The van der Waals surface area contributed by atoms with E-state index in [-0.39, 0.29) is 17.9 Å². The molecule has 0 spiro atoms. The number of halogens is 2. The van der Waals surface area contributed by atoms with Crippen LogP contribution in [-0.4, -0.2) is 36.1 Å². The third-order valence-corrected chi connectivity index (χ3v) is 8.09. The van der Waals surface area contributed by atoms with Crippen molar-refractivity contribution in [3.63, 3.8) is 0 Å². The lowest BCUT2D eigenvalue weighted by atomic mass is 9.92. The number of anilines is 2. The molecule has 1 aromatic heterocycles. The molecule has 1 N–H and O–H groups in total. The van der Waals surface area contributed by atoms with Crippen LogP contribution in [0.25, 0.3) is 10.2 Å². The van der Waals surface area contributed by atoms with Gasteiger partial charge in [-0.3, -0.25) is 4.79 Å². The number of esters is 1. The van der Waals surface area contributed by atoms with Gasteiger partial charge < -0.3 is 15.0 Å². The van der Waals surface area contributed by atoms with Gasteiger partial charge in [-0.05, 0) is 50.1 Å². The number of ether oxygens (including phenoxy) is 1. The zero-order valence-electron chi connectivity index (χ0n) is 20.3. The van der Waals surface area contributed by atoms with E-state index in [1.165, 1.54) is 31.8 Å². The van der Waals surface area contributed by atoms with E-state index in [1.54, 1.807) is 18.2 Å². The number of aromatic nitrogens is 1. The highest BCUT2D eigenvalue weighted by molar-refractivity contribution is 7.22. The minimum absolute atomic E-state index is 0.199. The third-order valence-electron chi connectivity index (χ3n) is 6.20. The zero-order valence-corrected chi connectivity index (χ0v) is 22.6. The van der Waals surface area contributed by atoms with Gasteiger partial charge in [0.2, 0.25) is 11.0 Å². The predicted octanol–water partition coefficient (Wildman–Crippen LogP) is 7.68. The van der Waals surface area contributed by atoms with Crippen molar-refractivity contribution >= 4 is 78.8 Å².